The van der Waals surface area contributed by atoms with E-state index >= 15 is 0 Å². The smallest absolute Gasteiger partial charge is 0.229 e. The van der Waals surface area contributed by atoms with E-state index in [0.29, 0.717) is 12.5 Å². The highest BCUT2D eigenvalue weighted by Crippen LogP contribution is 2.19. The zero-order valence-corrected chi connectivity index (χ0v) is 13.7. The summed E-state index contributed by atoms with van der Waals surface area (Å²) in [5, 5.41) is 11.6. The number of likely N-dealkylation sites (tertiary alicyclic amines) is 1. The average molecular weight is 313 g/mol. The molecule has 0 saturated carbocycles. The summed E-state index contributed by atoms with van der Waals surface area (Å²) in [5.41, 5.74) is 2.65. The fraction of sp³-hybridized carbons (Fsp3) is 0.471. The third-order valence-electron chi connectivity index (χ3n) is 4.45. The maximum atomic E-state index is 12.6. The van der Waals surface area contributed by atoms with Gasteiger partial charge in [0.2, 0.25) is 5.91 Å². The van der Waals surface area contributed by atoms with Gasteiger partial charge in [0.25, 0.3) is 0 Å². The van der Waals surface area contributed by atoms with Crippen LogP contribution in [0, 0.1) is 6.92 Å². The van der Waals surface area contributed by atoms with Crippen LogP contribution >= 0.6 is 0 Å². The number of carbonyl (C=O) groups is 1. The van der Waals surface area contributed by atoms with Crippen molar-refractivity contribution in [3.05, 3.63) is 41.7 Å². The minimum absolute atomic E-state index is 0.144. The fourth-order valence-corrected chi connectivity index (χ4v) is 3.19. The molecule has 6 nitrogen and oxygen atoms in total. The lowest BCUT2D eigenvalue weighted by Gasteiger charge is -2.24. The van der Waals surface area contributed by atoms with Crippen LogP contribution in [0.25, 0.3) is 5.69 Å². The Morgan fingerprint density at radius 1 is 1.35 bits per heavy atom. The van der Waals surface area contributed by atoms with Crippen LogP contribution in [0.2, 0.25) is 0 Å². The highest BCUT2D eigenvalue weighted by atomic mass is 16.2. The summed E-state index contributed by atoms with van der Waals surface area (Å²) >= 11 is 0. The molecular weight excluding hydrogens is 290 g/mol. The van der Waals surface area contributed by atoms with E-state index in [9.17, 15) is 4.79 Å². The number of hydrogen-bond acceptors (Lipinski definition) is 4. The SMILES string of the molecule is CNCC1CCCN1C(=O)Cc1nnn(-c2ccccc2)c1C. The van der Waals surface area contributed by atoms with Gasteiger partial charge in [-0.05, 0) is 38.9 Å². The summed E-state index contributed by atoms with van der Waals surface area (Å²) < 4.78 is 1.79. The Labute approximate surface area is 136 Å². The van der Waals surface area contributed by atoms with E-state index in [4.69, 9.17) is 0 Å². The molecule has 0 bridgehead atoms. The van der Waals surface area contributed by atoms with Gasteiger partial charge in [0.05, 0.1) is 23.5 Å². The Morgan fingerprint density at radius 3 is 2.87 bits per heavy atom. The van der Waals surface area contributed by atoms with E-state index in [1.165, 1.54) is 0 Å². The number of benzene rings is 1. The van der Waals surface area contributed by atoms with Crippen molar-refractivity contribution in [3.63, 3.8) is 0 Å². The van der Waals surface area contributed by atoms with Crippen molar-refractivity contribution in [3.8, 4) is 5.69 Å². The number of hydrogen-bond donors (Lipinski definition) is 1. The zero-order chi connectivity index (χ0) is 16.2. The number of amides is 1. The molecule has 2 heterocycles. The van der Waals surface area contributed by atoms with Crippen LogP contribution < -0.4 is 5.32 Å². The van der Waals surface area contributed by atoms with E-state index < -0.39 is 0 Å². The van der Waals surface area contributed by atoms with Crippen molar-refractivity contribution in [1.29, 1.82) is 0 Å². The second-order valence-electron chi connectivity index (χ2n) is 5.99. The third-order valence-corrected chi connectivity index (χ3v) is 4.45. The maximum absolute atomic E-state index is 12.6. The predicted octanol–water partition coefficient (Wildman–Crippen LogP) is 1.33. The molecule has 0 aliphatic carbocycles. The van der Waals surface area contributed by atoms with Gasteiger partial charge in [-0.1, -0.05) is 23.4 Å². The first-order valence-corrected chi connectivity index (χ1v) is 8.11. The minimum Gasteiger partial charge on any atom is -0.338 e. The molecule has 0 spiro atoms. The van der Waals surface area contributed by atoms with Gasteiger partial charge in [-0.2, -0.15) is 0 Å². The molecule has 2 aromatic rings. The molecule has 6 heteroatoms. The Bertz CT molecular complexity index is 667. The summed E-state index contributed by atoms with van der Waals surface area (Å²) in [7, 11) is 1.93. The van der Waals surface area contributed by atoms with Crippen molar-refractivity contribution >= 4 is 5.91 Å². The second kappa shape index (κ2) is 6.91. The topological polar surface area (TPSA) is 63.1 Å². The molecule has 1 amide bonds. The van der Waals surface area contributed by atoms with Gasteiger partial charge in [0.1, 0.15) is 0 Å². The van der Waals surface area contributed by atoms with Crippen LogP contribution in [0.4, 0.5) is 0 Å². The second-order valence-corrected chi connectivity index (χ2v) is 5.99. The third kappa shape index (κ3) is 3.27. The van der Waals surface area contributed by atoms with Crippen LogP contribution in [-0.4, -0.2) is 52.0 Å². The number of carbonyl (C=O) groups excluding carboxylic acids is 1. The van der Waals surface area contributed by atoms with Gasteiger partial charge in [0.15, 0.2) is 0 Å². The summed E-state index contributed by atoms with van der Waals surface area (Å²) in [6, 6.07) is 10.2. The summed E-state index contributed by atoms with van der Waals surface area (Å²) in [6.45, 7) is 3.66. The normalized spacial score (nSPS) is 17.7. The van der Waals surface area contributed by atoms with Gasteiger partial charge in [-0.25, -0.2) is 4.68 Å². The van der Waals surface area contributed by atoms with E-state index in [2.05, 4.69) is 15.6 Å². The molecule has 1 N–H and O–H groups in total. The Balaban J connectivity index is 1.74. The molecule has 1 atom stereocenters. The lowest BCUT2D eigenvalue weighted by atomic mass is 10.2. The summed E-state index contributed by atoms with van der Waals surface area (Å²) in [6.07, 6.45) is 2.47. The van der Waals surface area contributed by atoms with Crippen molar-refractivity contribution < 1.29 is 4.79 Å². The molecule has 1 aromatic carbocycles. The van der Waals surface area contributed by atoms with Gasteiger partial charge in [0, 0.05) is 19.1 Å². The molecular formula is C17H23N5O. The van der Waals surface area contributed by atoms with E-state index in [0.717, 1.165) is 43.0 Å². The van der Waals surface area contributed by atoms with Gasteiger partial charge in [-0.15, -0.1) is 5.10 Å². The molecule has 1 fully saturated rings. The maximum Gasteiger partial charge on any atom is 0.229 e. The van der Waals surface area contributed by atoms with Crippen LogP contribution in [0.1, 0.15) is 24.2 Å². The molecule has 1 aliphatic rings. The van der Waals surface area contributed by atoms with Crippen LogP contribution in [0.3, 0.4) is 0 Å². The summed E-state index contributed by atoms with van der Waals surface area (Å²) in [4.78, 5) is 14.6. The Morgan fingerprint density at radius 2 is 2.13 bits per heavy atom. The monoisotopic (exact) mass is 313 g/mol. The first-order chi connectivity index (χ1) is 11.2. The first-order valence-electron chi connectivity index (χ1n) is 8.11. The highest BCUT2D eigenvalue weighted by Gasteiger charge is 2.29. The van der Waals surface area contributed by atoms with Crippen molar-refractivity contribution in [1.82, 2.24) is 25.2 Å². The number of likely N-dealkylation sites (N-methyl/N-ethyl adjacent to an activating group) is 1. The first kappa shape index (κ1) is 15.7. The largest absolute Gasteiger partial charge is 0.338 e. The van der Waals surface area contributed by atoms with Gasteiger partial charge in [-0.3, -0.25) is 4.79 Å². The molecule has 3 rings (SSSR count). The number of para-hydroxylation sites is 1. The molecule has 1 saturated heterocycles. The van der Waals surface area contributed by atoms with E-state index in [1.807, 2.05) is 49.2 Å². The Hall–Kier alpha value is -2.21. The zero-order valence-electron chi connectivity index (χ0n) is 13.7. The minimum atomic E-state index is 0.144. The predicted molar refractivity (Wildman–Crippen MR) is 88.5 cm³/mol. The van der Waals surface area contributed by atoms with Crippen LogP contribution in [0.15, 0.2) is 30.3 Å². The van der Waals surface area contributed by atoms with E-state index in [-0.39, 0.29) is 5.91 Å². The molecule has 1 aliphatic heterocycles. The van der Waals surface area contributed by atoms with E-state index in [1.54, 1.807) is 4.68 Å². The van der Waals surface area contributed by atoms with Crippen molar-refractivity contribution in [2.24, 2.45) is 0 Å². The number of nitrogens with zero attached hydrogens (tertiary/aromatic N) is 4. The summed E-state index contributed by atoms with van der Waals surface area (Å²) in [5.74, 6) is 0.144. The average Bonchev–Trinajstić information content (AvgIpc) is 3.16. The molecule has 1 aromatic heterocycles. The quantitative estimate of drug-likeness (QED) is 0.904. The van der Waals surface area contributed by atoms with Gasteiger partial charge >= 0.3 is 0 Å². The number of aromatic nitrogens is 3. The van der Waals surface area contributed by atoms with Crippen LogP contribution in [0.5, 0.6) is 0 Å². The lowest BCUT2D eigenvalue weighted by Crippen LogP contribution is -2.41. The molecule has 122 valence electrons. The fourth-order valence-electron chi connectivity index (χ4n) is 3.19. The van der Waals surface area contributed by atoms with Crippen molar-refractivity contribution in [2.45, 2.75) is 32.2 Å². The van der Waals surface area contributed by atoms with Crippen LogP contribution in [-0.2, 0) is 11.2 Å². The lowest BCUT2D eigenvalue weighted by molar-refractivity contribution is -0.131. The molecule has 0 radical (unpaired) electrons. The Kier molecular flexibility index (Phi) is 4.71. The van der Waals surface area contributed by atoms with Gasteiger partial charge < -0.3 is 10.2 Å². The molecule has 23 heavy (non-hydrogen) atoms. The van der Waals surface area contributed by atoms with Crippen molar-refractivity contribution in [2.75, 3.05) is 20.1 Å². The number of nitrogens with one attached hydrogen (secondary N) is 1. The molecule has 1 unspecified atom stereocenters. The highest BCUT2D eigenvalue weighted by molar-refractivity contribution is 5.79. The standard InChI is InChI=1S/C17H23N5O/c1-13-16(19-20-22(13)14-7-4-3-5-8-14)11-17(23)21-10-6-9-15(21)12-18-2/h3-5,7-8,15,18H,6,9-12H2,1-2H3. The number of rotatable bonds is 5.